The van der Waals surface area contributed by atoms with Gasteiger partial charge in [-0.05, 0) is 24.3 Å². The number of carbonyl (C=O) groups is 1. The van der Waals surface area contributed by atoms with Crippen LogP contribution in [0.25, 0.3) is 0 Å². The van der Waals surface area contributed by atoms with Gasteiger partial charge in [0.1, 0.15) is 6.61 Å². The summed E-state index contributed by atoms with van der Waals surface area (Å²) in [6.45, 7) is 8.44. The van der Waals surface area contributed by atoms with E-state index >= 15 is 0 Å². The fourth-order valence-corrected chi connectivity index (χ4v) is 2.42. The third-order valence-corrected chi connectivity index (χ3v) is 3.90. The molecule has 2 unspecified atom stereocenters. The van der Waals surface area contributed by atoms with Crippen LogP contribution in [0.2, 0.25) is 0 Å². The quantitative estimate of drug-likeness (QED) is 0.799. The van der Waals surface area contributed by atoms with Crippen molar-refractivity contribution >= 4 is 5.91 Å². The van der Waals surface area contributed by atoms with Crippen molar-refractivity contribution in [2.24, 2.45) is 11.3 Å². The number of fused-ring (bicyclic) bond motifs is 1. The van der Waals surface area contributed by atoms with E-state index < -0.39 is 0 Å². The van der Waals surface area contributed by atoms with Gasteiger partial charge in [-0.15, -0.1) is 6.42 Å². The van der Waals surface area contributed by atoms with E-state index in [1.807, 2.05) is 0 Å². The molecule has 0 aromatic heterocycles. The predicted octanol–water partition coefficient (Wildman–Crippen LogP) is 2.44. The molecule has 0 saturated heterocycles. The van der Waals surface area contributed by atoms with Crippen LogP contribution >= 0.6 is 0 Å². The van der Waals surface area contributed by atoms with E-state index in [4.69, 9.17) is 11.2 Å². The maximum Gasteiger partial charge on any atom is 0.247 e. The van der Waals surface area contributed by atoms with Gasteiger partial charge in [0.05, 0.1) is 11.6 Å². The Labute approximate surface area is 121 Å². The number of rotatable bonds is 4. The molecule has 0 heterocycles. The first kappa shape index (κ1) is 14.9. The fourth-order valence-electron chi connectivity index (χ4n) is 2.42. The Morgan fingerprint density at radius 1 is 1.65 bits per heavy atom. The zero-order valence-electron chi connectivity index (χ0n) is 12.7. The third-order valence-electron chi connectivity index (χ3n) is 3.90. The first-order valence-electron chi connectivity index (χ1n) is 7.08. The molecule has 3 heteroatoms. The number of ether oxygens (including phenoxy) is 1. The van der Waals surface area contributed by atoms with E-state index in [0.717, 1.165) is 6.42 Å². The summed E-state index contributed by atoms with van der Waals surface area (Å²) in [5, 5.41) is 2.70. The van der Waals surface area contributed by atoms with Crippen molar-refractivity contribution in [2.75, 3.05) is 6.61 Å². The molecule has 2 aliphatic rings. The molecule has 2 rings (SSSR count). The monoisotopic (exact) mass is 273 g/mol. The summed E-state index contributed by atoms with van der Waals surface area (Å²) in [4.78, 5) is 11.7. The molecule has 3 nitrogen and oxygen atoms in total. The van der Waals surface area contributed by atoms with Gasteiger partial charge in [0.25, 0.3) is 0 Å². The van der Waals surface area contributed by atoms with E-state index in [1.54, 1.807) is 6.92 Å². The zero-order valence-corrected chi connectivity index (χ0v) is 12.7. The second-order valence-corrected chi connectivity index (χ2v) is 6.72. The van der Waals surface area contributed by atoms with Crippen molar-refractivity contribution in [3.63, 3.8) is 0 Å². The molecule has 108 valence electrons. The molecule has 0 aliphatic heterocycles. The van der Waals surface area contributed by atoms with E-state index in [9.17, 15) is 4.79 Å². The van der Waals surface area contributed by atoms with Crippen LogP contribution in [0.5, 0.6) is 0 Å². The molecule has 2 aliphatic carbocycles. The predicted molar refractivity (Wildman–Crippen MR) is 79.9 cm³/mol. The molecule has 3 atom stereocenters. The Bertz CT molecular complexity index is 504. The molecule has 1 saturated carbocycles. The van der Waals surface area contributed by atoms with Crippen molar-refractivity contribution in [3.8, 4) is 12.3 Å². The number of terminal acetylenes is 1. The highest BCUT2D eigenvalue weighted by Crippen LogP contribution is 2.53. The second-order valence-electron chi connectivity index (χ2n) is 6.72. The highest BCUT2D eigenvalue weighted by atomic mass is 16.5. The minimum absolute atomic E-state index is 0.0611. The minimum Gasteiger partial charge on any atom is -0.360 e. The molecule has 1 N–H and O–H groups in total. The Morgan fingerprint density at radius 3 is 2.90 bits per heavy atom. The van der Waals surface area contributed by atoms with Crippen molar-refractivity contribution < 1.29 is 9.53 Å². The molecular formula is C17H23NO2. The maximum atomic E-state index is 11.7. The number of allylic oxidation sites excluding steroid dienone is 2. The van der Waals surface area contributed by atoms with Crippen LogP contribution in [0, 0.1) is 23.7 Å². The van der Waals surface area contributed by atoms with Gasteiger partial charge in [0.15, 0.2) is 0 Å². The lowest BCUT2D eigenvalue weighted by atomic mass is 9.83. The van der Waals surface area contributed by atoms with Crippen molar-refractivity contribution in [1.29, 1.82) is 0 Å². The molecule has 20 heavy (non-hydrogen) atoms. The lowest BCUT2D eigenvalue weighted by Crippen LogP contribution is -2.36. The van der Waals surface area contributed by atoms with Crippen molar-refractivity contribution in [2.45, 2.75) is 45.8 Å². The minimum atomic E-state index is -0.258. The molecule has 1 amide bonds. The van der Waals surface area contributed by atoms with Gasteiger partial charge in [-0.3, -0.25) is 4.79 Å². The molecule has 0 radical (unpaired) electrons. The number of hydrogen-bond acceptors (Lipinski definition) is 2. The van der Waals surface area contributed by atoms with Gasteiger partial charge >= 0.3 is 0 Å². The Balaban J connectivity index is 1.87. The molecule has 0 aromatic carbocycles. The standard InChI is InChI=1S/C17H23NO2/c1-6-12(2)18-15(19)11-20-17-8-7-13(16(3,4)5)9-14(17)10-17/h1,7-9,12,14H,10-11H2,2-5H3,(H,18,19)/t12?,14-,17?/m0/s1. The lowest BCUT2D eigenvalue weighted by molar-refractivity contribution is -0.128. The summed E-state index contributed by atoms with van der Waals surface area (Å²) in [6.07, 6.45) is 12.7. The fraction of sp³-hybridized carbons (Fsp3) is 0.588. The van der Waals surface area contributed by atoms with Crippen LogP contribution in [-0.4, -0.2) is 24.2 Å². The van der Waals surface area contributed by atoms with Crippen molar-refractivity contribution in [1.82, 2.24) is 5.32 Å². The van der Waals surface area contributed by atoms with Crippen LogP contribution in [0.1, 0.15) is 34.1 Å². The maximum absolute atomic E-state index is 11.7. The zero-order chi connectivity index (χ0) is 15.0. The first-order chi connectivity index (χ1) is 9.27. The summed E-state index contributed by atoms with van der Waals surface area (Å²) in [5.74, 6) is 2.71. The smallest absolute Gasteiger partial charge is 0.247 e. The van der Waals surface area contributed by atoms with Crippen LogP contribution < -0.4 is 5.32 Å². The Morgan fingerprint density at radius 2 is 2.35 bits per heavy atom. The summed E-state index contributed by atoms with van der Waals surface area (Å²) < 4.78 is 5.80. The van der Waals surface area contributed by atoms with Crippen LogP contribution in [0.4, 0.5) is 0 Å². The van der Waals surface area contributed by atoms with Crippen molar-refractivity contribution in [3.05, 3.63) is 23.8 Å². The molecular weight excluding hydrogens is 250 g/mol. The number of hydrogen-bond donors (Lipinski definition) is 1. The van der Waals surface area contributed by atoms with E-state index in [1.165, 1.54) is 5.57 Å². The second kappa shape index (κ2) is 5.10. The topological polar surface area (TPSA) is 38.3 Å². The van der Waals surface area contributed by atoms with Gasteiger partial charge in [-0.25, -0.2) is 0 Å². The molecule has 1 fully saturated rings. The highest BCUT2D eigenvalue weighted by molar-refractivity contribution is 5.78. The number of carbonyl (C=O) groups excluding carboxylic acids is 1. The average Bonchev–Trinajstić information content (AvgIpc) is 3.09. The summed E-state index contributed by atoms with van der Waals surface area (Å²) >= 11 is 0. The van der Waals surface area contributed by atoms with Crippen LogP contribution in [0.15, 0.2) is 23.8 Å². The van der Waals surface area contributed by atoms with Crippen LogP contribution in [-0.2, 0) is 9.53 Å². The van der Waals surface area contributed by atoms with Gasteiger partial charge in [-0.1, -0.05) is 44.9 Å². The SMILES string of the molecule is C#CC(C)NC(=O)COC12C=CC(C(C)(C)C)=C[C@H]1C2. The molecule has 0 aromatic rings. The summed E-state index contributed by atoms with van der Waals surface area (Å²) in [6, 6.07) is -0.257. The summed E-state index contributed by atoms with van der Waals surface area (Å²) in [5.41, 5.74) is 1.24. The Hall–Kier alpha value is -1.53. The first-order valence-corrected chi connectivity index (χ1v) is 7.08. The van der Waals surface area contributed by atoms with E-state index in [-0.39, 0.29) is 29.6 Å². The van der Waals surface area contributed by atoms with Crippen LogP contribution in [0.3, 0.4) is 0 Å². The van der Waals surface area contributed by atoms with Gasteiger partial charge in [-0.2, -0.15) is 0 Å². The molecule has 0 spiro atoms. The Kier molecular flexibility index (Phi) is 3.80. The summed E-state index contributed by atoms with van der Waals surface area (Å²) in [7, 11) is 0. The number of amides is 1. The van der Waals surface area contributed by atoms with E-state index in [2.05, 4.69) is 50.2 Å². The number of nitrogens with one attached hydrogen (secondary N) is 1. The largest absolute Gasteiger partial charge is 0.360 e. The van der Waals surface area contributed by atoms with Gasteiger partial charge in [0.2, 0.25) is 5.91 Å². The van der Waals surface area contributed by atoms with Gasteiger partial charge in [0, 0.05) is 5.92 Å². The van der Waals surface area contributed by atoms with Gasteiger partial charge < -0.3 is 10.1 Å². The van der Waals surface area contributed by atoms with E-state index in [0.29, 0.717) is 5.92 Å². The molecule has 0 bridgehead atoms. The average molecular weight is 273 g/mol. The highest BCUT2D eigenvalue weighted by Gasteiger charge is 2.54. The lowest BCUT2D eigenvalue weighted by Gasteiger charge is -2.25. The normalized spacial score (nSPS) is 28.9. The third kappa shape index (κ3) is 3.13.